The van der Waals surface area contributed by atoms with Gasteiger partial charge in [-0.2, -0.15) is 10.1 Å². The van der Waals surface area contributed by atoms with Crippen LogP contribution in [0.4, 0.5) is 11.8 Å². The van der Waals surface area contributed by atoms with Gasteiger partial charge in [-0.3, -0.25) is 0 Å². The van der Waals surface area contributed by atoms with Crippen LogP contribution in [0.1, 0.15) is 58.3 Å². The molecule has 0 aromatic carbocycles. The van der Waals surface area contributed by atoms with Crippen molar-refractivity contribution < 1.29 is 0 Å². The molecule has 0 bridgehead atoms. The highest BCUT2D eigenvalue weighted by Gasteiger charge is 2.12. The Morgan fingerprint density at radius 1 is 1.21 bits per heavy atom. The Morgan fingerprint density at radius 3 is 2.74 bits per heavy atom. The van der Waals surface area contributed by atoms with E-state index in [1.165, 1.54) is 44.9 Å². The Balaban J connectivity index is 1.86. The molecule has 0 saturated heterocycles. The summed E-state index contributed by atoms with van der Waals surface area (Å²) < 4.78 is 0. The van der Waals surface area contributed by atoms with Gasteiger partial charge in [0.2, 0.25) is 5.95 Å². The Kier molecular flexibility index (Phi) is 5.85. The number of aromatic nitrogens is 3. The predicted molar refractivity (Wildman–Crippen MR) is 78.3 cm³/mol. The lowest BCUT2D eigenvalue weighted by Gasteiger charge is -2.16. The molecular weight excluding hydrogens is 238 g/mol. The Hall–Kier alpha value is -1.39. The van der Waals surface area contributed by atoms with E-state index in [4.69, 9.17) is 0 Å². The van der Waals surface area contributed by atoms with Crippen molar-refractivity contribution in [1.29, 1.82) is 0 Å². The topological polar surface area (TPSA) is 62.7 Å². The second kappa shape index (κ2) is 7.92. The highest BCUT2D eigenvalue weighted by molar-refractivity contribution is 5.37. The van der Waals surface area contributed by atoms with Gasteiger partial charge in [-0.15, -0.1) is 5.10 Å². The highest BCUT2D eigenvalue weighted by Crippen LogP contribution is 2.20. The SMILES string of the molecule is CCCCNc1nncc(NC2CCCCCC2)n1. The summed E-state index contributed by atoms with van der Waals surface area (Å²) in [4.78, 5) is 4.47. The van der Waals surface area contributed by atoms with Gasteiger partial charge in [0.05, 0.1) is 6.20 Å². The number of hydrogen-bond acceptors (Lipinski definition) is 5. The molecule has 1 aromatic rings. The monoisotopic (exact) mass is 263 g/mol. The van der Waals surface area contributed by atoms with Gasteiger partial charge in [-0.05, 0) is 19.3 Å². The van der Waals surface area contributed by atoms with Gasteiger partial charge in [0.1, 0.15) is 0 Å². The summed E-state index contributed by atoms with van der Waals surface area (Å²) in [6.07, 6.45) is 11.9. The van der Waals surface area contributed by atoms with Crippen molar-refractivity contribution in [3.63, 3.8) is 0 Å². The summed E-state index contributed by atoms with van der Waals surface area (Å²) in [6, 6.07) is 0.544. The minimum atomic E-state index is 0.544. The van der Waals surface area contributed by atoms with Crippen molar-refractivity contribution in [2.24, 2.45) is 0 Å². The maximum absolute atomic E-state index is 4.47. The van der Waals surface area contributed by atoms with Gasteiger partial charge in [0.25, 0.3) is 0 Å². The van der Waals surface area contributed by atoms with E-state index in [0.717, 1.165) is 18.8 Å². The zero-order valence-corrected chi connectivity index (χ0v) is 11.9. The average molecular weight is 263 g/mol. The molecule has 19 heavy (non-hydrogen) atoms. The molecule has 5 heteroatoms. The molecule has 0 unspecified atom stereocenters. The number of nitrogens with one attached hydrogen (secondary N) is 2. The van der Waals surface area contributed by atoms with E-state index in [-0.39, 0.29) is 0 Å². The third kappa shape index (κ3) is 5.01. The number of anilines is 2. The second-order valence-electron chi connectivity index (χ2n) is 5.28. The first-order valence-corrected chi connectivity index (χ1v) is 7.58. The normalized spacial score (nSPS) is 16.9. The minimum absolute atomic E-state index is 0.544. The molecule has 1 aromatic heterocycles. The summed E-state index contributed by atoms with van der Waals surface area (Å²) in [5, 5.41) is 14.7. The average Bonchev–Trinajstić information content (AvgIpc) is 2.68. The first-order valence-electron chi connectivity index (χ1n) is 7.58. The van der Waals surface area contributed by atoms with Crippen LogP contribution in [0.5, 0.6) is 0 Å². The van der Waals surface area contributed by atoms with Crippen LogP contribution in [0, 0.1) is 0 Å². The fourth-order valence-electron chi connectivity index (χ4n) is 2.46. The van der Waals surface area contributed by atoms with Gasteiger partial charge < -0.3 is 10.6 Å². The summed E-state index contributed by atoms with van der Waals surface area (Å²) in [7, 11) is 0. The van der Waals surface area contributed by atoms with Crippen LogP contribution in [0.15, 0.2) is 6.20 Å². The molecule has 5 nitrogen and oxygen atoms in total. The molecule has 1 fully saturated rings. The standard InChI is InChI=1S/C14H25N5/c1-2-3-10-15-14-18-13(11-16-19-14)17-12-8-6-4-5-7-9-12/h11-12H,2-10H2,1H3,(H2,15,17,18,19). The molecule has 0 amide bonds. The summed E-state index contributed by atoms with van der Waals surface area (Å²) in [6.45, 7) is 3.08. The van der Waals surface area contributed by atoms with E-state index in [1.54, 1.807) is 6.20 Å². The van der Waals surface area contributed by atoms with Crippen molar-refractivity contribution in [3.05, 3.63) is 6.20 Å². The molecule has 0 spiro atoms. The molecule has 0 radical (unpaired) electrons. The van der Waals surface area contributed by atoms with Crippen LogP contribution in [0.3, 0.4) is 0 Å². The predicted octanol–water partition coefficient (Wildman–Crippen LogP) is 3.22. The van der Waals surface area contributed by atoms with Gasteiger partial charge >= 0.3 is 0 Å². The first-order chi connectivity index (χ1) is 9.38. The molecule has 106 valence electrons. The van der Waals surface area contributed by atoms with Crippen molar-refractivity contribution in [2.45, 2.75) is 64.3 Å². The maximum atomic E-state index is 4.47. The van der Waals surface area contributed by atoms with Crippen molar-refractivity contribution >= 4 is 11.8 Å². The molecule has 1 heterocycles. The number of hydrogen-bond donors (Lipinski definition) is 2. The van der Waals surface area contributed by atoms with Gasteiger partial charge in [-0.25, -0.2) is 0 Å². The minimum Gasteiger partial charge on any atom is -0.366 e. The quantitative estimate of drug-likeness (QED) is 0.609. The van der Waals surface area contributed by atoms with Gasteiger partial charge in [0, 0.05) is 12.6 Å². The zero-order valence-electron chi connectivity index (χ0n) is 11.9. The van der Waals surface area contributed by atoms with E-state index in [2.05, 4.69) is 32.7 Å². The molecule has 1 aliphatic carbocycles. The van der Waals surface area contributed by atoms with Crippen LogP contribution in [0.25, 0.3) is 0 Å². The molecule has 0 aliphatic heterocycles. The lowest BCUT2D eigenvalue weighted by molar-refractivity contribution is 0.616. The van der Waals surface area contributed by atoms with Crippen LogP contribution >= 0.6 is 0 Å². The van der Waals surface area contributed by atoms with E-state index >= 15 is 0 Å². The second-order valence-corrected chi connectivity index (χ2v) is 5.28. The number of unbranched alkanes of at least 4 members (excludes halogenated alkanes) is 1. The number of nitrogens with zero attached hydrogens (tertiary/aromatic N) is 3. The van der Waals surface area contributed by atoms with Gasteiger partial charge in [0.15, 0.2) is 5.82 Å². The summed E-state index contributed by atoms with van der Waals surface area (Å²) >= 11 is 0. The third-order valence-electron chi connectivity index (χ3n) is 3.58. The van der Waals surface area contributed by atoms with Crippen molar-refractivity contribution in [1.82, 2.24) is 15.2 Å². The van der Waals surface area contributed by atoms with Crippen LogP contribution in [-0.2, 0) is 0 Å². The summed E-state index contributed by atoms with van der Waals surface area (Å²) in [5.41, 5.74) is 0. The van der Waals surface area contributed by atoms with Crippen molar-refractivity contribution in [2.75, 3.05) is 17.2 Å². The fourth-order valence-corrected chi connectivity index (χ4v) is 2.46. The lowest BCUT2D eigenvalue weighted by atomic mass is 10.1. The molecule has 2 N–H and O–H groups in total. The Morgan fingerprint density at radius 2 is 2.00 bits per heavy atom. The molecular formula is C14H25N5. The van der Waals surface area contributed by atoms with Crippen LogP contribution in [-0.4, -0.2) is 27.8 Å². The molecule has 1 saturated carbocycles. The first kappa shape index (κ1) is 14.0. The third-order valence-corrected chi connectivity index (χ3v) is 3.58. The molecule has 0 atom stereocenters. The van der Waals surface area contributed by atoms with E-state index in [9.17, 15) is 0 Å². The Bertz CT molecular complexity index is 361. The van der Waals surface area contributed by atoms with Gasteiger partial charge in [-0.1, -0.05) is 39.0 Å². The molecule has 1 aliphatic rings. The fraction of sp³-hybridized carbons (Fsp3) is 0.786. The Labute approximate surface area is 115 Å². The van der Waals surface area contributed by atoms with Crippen LogP contribution < -0.4 is 10.6 Å². The number of rotatable bonds is 6. The molecule has 2 rings (SSSR count). The van der Waals surface area contributed by atoms with E-state index in [0.29, 0.717) is 12.0 Å². The van der Waals surface area contributed by atoms with E-state index < -0.39 is 0 Å². The highest BCUT2D eigenvalue weighted by atomic mass is 15.3. The van der Waals surface area contributed by atoms with Crippen LogP contribution in [0.2, 0.25) is 0 Å². The summed E-state index contributed by atoms with van der Waals surface area (Å²) in [5.74, 6) is 1.48. The lowest BCUT2D eigenvalue weighted by Crippen LogP contribution is -2.20. The largest absolute Gasteiger partial charge is 0.366 e. The zero-order chi connectivity index (χ0) is 13.3. The maximum Gasteiger partial charge on any atom is 0.244 e. The van der Waals surface area contributed by atoms with Crippen molar-refractivity contribution in [3.8, 4) is 0 Å². The van der Waals surface area contributed by atoms with E-state index in [1.807, 2.05) is 0 Å². The smallest absolute Gasteiger partial charge is 0.244 e.